The lowest BCUT2D eigenvalue weighted by molar-refractivity contribution is -0.384. The van der Waals surface area contributed by atoms with Crippen LogP contribution in [-0.4, -0.2) is 28.3 Å². The SMILES string of the molecule is CC(=O)[C@H]1C(=O)C(=O)N(c2ccccc2[N+](=O)[O-])C1=O. The van der Waals surface area contributed by atoms with Gasteiger partial charge in [-0.3, -0.25) is 29.3 Å². The minimum atomic E-state index is -1.71. The number of rotatable bonds is 3. The van der Waals surface area contributed by atoms with Gasteiger partial charge >= 0.3 is 5.91 Å². The normalized spacial score (nSPS) is 18.6. The Morgan fingerprint density at radius 2 is 1.85 bits per heavy atom. The van der Waals surface area contributed by atoms with E-state index in [4.69, 9.17) is 0 Å². The van der Waals surface area contributed by atoms with Crippen molar-refractivity contribution < 1.29 is 24.1 Å². The fourth-order valence-electron chi connectivity index (χ4n) is 1.97. The second kappa shape index (κ2) is 4.65. The molecule has 2 amide bonds. The van der Waals surface area contributed by atoms with Gasteiger partial charge in [-0.15, -0.1) is 0 Å². The molecular weight excluding hydrogens is 268 g/mol. The van der Waals surface area contributed by atoms with Crippen LogP contribution in [0.3, 0.4) is 0 Å². The molecule has 1 aromatic carbocycles. The van der Waals surface area contributed by atoms with E-state index >= 15 is 0 Å². The number of ketones is 2. The van der Waals surface area contributed by atoms with Crippen molar-refractivity contribution in [2.24, 2.45) is 5.92 Å². The second-order valence-corrected chi connectivity index (χ2v) is 4.13. The number of nitro benzene ring substituents is 1. The number of benzene rings is 1. The summed E-state index contributed by atoms with van der Waals surface area (Å²) in [7, 11) is 0. The highest BCUT2D eigenvalue weighted by Crippen LogP contribution is 2.32. The van der Waals surface area contributed by atoms with Gasteiger partial charge in [0.2, 0.25) is 5.78 Å². The molecule has 0 aromatic heterocycles. The number of amides is 2. The molecule has 8 heteroatoms. The second-order valence-electron chi connectivity index (χ2n) is 4.13. The molecule has 2 rings (SSSR count). The maximum absolute atomic E-state index is 12.0. The van der Waals surface area contributed by atoms with Gasteiger partial charge in [-0.05, 0) is 13.0 Å². The number of anilines is 1. The average Bonchev–Trinajstić information content (AvgIpc) is 2.60. The molecule has 1 fully saturated rings. The van der Waals surface area contributed by atoms with E-state index < -0.39 is 39.9 Å². The summed E-state index contributed by atoms with van der Waals surface area (Å²) < 4.78 is 0. The molecule has 102 valence electrons. The average molecular weight is 276 g/mol. The Labute approximate surface area is 112 Å². The van der Waals surface area contributed by atoms with Gasteiger partial charge in [-0.1, -0.05) is 12.1 Å². The molecule has 1 aliphatic heterocycles. The van der Waals surface area contributed by atoms with Crippen LogP contribution >= 0.6 is 0 Å². The number of para-hydroxylation sites is 2. The number of nitro groups is 1. The van der Waals surface area contributed by atoms with Crippen molar-refractivity contribution in [3.8, 4) is 0 Å². The topological polar surface area (TPSA) is 115 Å². The van der Waals surface area contributed by atoms with Crippen LogP contribution in [0.2, 0.25) is 0 Å². The molecule has 1 atom stereocenters. The third-order valence-corrected chi connectivity index (χ3v) is 2.87. The van der Waals surface area contributed by atoms with E-state index in [-0.39, 0.29) is 5.69 Å². The van der Waals surface area contributed by atoms with Gasteiger partial charge in [0, 0.05) is 6.07 Å². The fourth-order valence-corrected chi connectivity index (χ4v) is 1.97. The molecule has 1 aliphatic rings. The van der Waals surface area contributed by atoms with E-state index in [0.29, 0.717) is 4.90 Å². The van der Waals surface area contributed by atoms with E-state index in [0.717, 1.165) is 13.0 Å². The van der Waals surface area contributed by atoms with Crippen molar-refractivity contribution in [1.82, 2.24) is 0 Å². The first-order chi connectivity index (χ1) is 9.36. The molecule has 0 spiro atoms. The first-order valence-corrected chi connectivity index (χ1v) is 5.52. The number of imide groups is 1. The van der Waals surface area contributed by atoms with E-state index in [2.05, 4.69) is 0 Å². The Morgan fingerprint density at radius 3 is 2.35 bits per heavy atom. The quantitative estimate of drug-likeness (QED) is 0.257. The molecule has 0 aliphatic carbocycles. The number of carbonyl (C=O) groups is 4. The van der Waals surface area contributed by atoms with Gasteiger partial charge in [-0.25, -0.2) is 4.90 Å². The Balaban J connectivity index is 2.57. The summed E-state index contributed by atoms with van der Waals surface area (Å²) >= 11 is 0. The maximum Gasteiger partial charge on any atom is 0.302 e. The van der Waals surface area contributed by atoms with Crippen LogP contribution in [0.1, 0.15) is 6.92 Å². The van der Waals surface area contributed by atoms with Crippen molar-refractivity contribution in [2.45, 2.75) is 6.92 Å². The Hall–Kier alpha value is -2.90. The van der Waals surface area contributed by atoms with Gasteiger partial charge in [0.15, 0.2) is 5.92 Å². The molecule has 0 bridgehead atoms. The molecular formula is C12H8N2O6. The highest BCUT2D eigenvalue weighted by molar-refractivity contribution is 6.59. The molecule has 1 saturated heterocycles. The van der Waals surface area contributed by atoms with Gasteiger partial charge in [0.05, 0.1) is 4.92 Å². The first kappa shape index (κ1) is 13.5. The number of Topliss-reactive ketones (excluding diaryl/α,β-unsaturated/α-hetero) is 2. The molecule has 0 saturated carbocycles. The number of hydrogen-bond acceptors (Lipinski definition) is 6. The highest BCUT2D eigenvalue weighted by Gasteiger charge is 2.51. The Morgan fingerprint density at radius 1 is 1.25 bits per heavy atom. The zero-order valence-corrected chi connectivity index (χ0v) is 10.2. The molecule has 20 heavy (non-hydrogen) atoms. The zero-order valence-electron chi connectivity index (χ0n) is 10.2. The van der Waals surface area contributed by atoms with Gasteiger partial charge in [-0.2, -0.15) is 0 Å². The van der Waals surface area contributed by atoms with Crippen LogP contribution in [0.25, 0.3) is 0 Å². The van der Waals surface area contributed by atoms with E-state index in [1.165, 1.54) is 18.2 Å². The zero-order chi connectivity index (χ0) is 15.0. The van der Waals surface area contributed by atoms with Gasteiger partial charge in [0.1, 0.15) is 11.5 Å². The third kappa shape index (κ3) is 1.87. The summed E-state index contributed by atoms with van der Waals surface area (Å²) in [5.74, 6) is -5.93. The lowest BCUT2D eigenvalue weighted by Crippen LogP contribution is -2.32. The molecule has 8 nitrogen and oxygen atoms in total. The van der Waals surface area contributed by atoms with Crippen LogP contribution in [-0.2, 0) is 19.2 Å². The summed E-state index contributed by atoms with van der Waals surface area (Å²) in [4.78, 5) is 57.2. The lowest BCUT2D eigenvalue weighted by atomic mass is 10.0. The van der Waals surface area contributed by atoms with E-state index in [9.17, 15) is 29.3 Å². The van der Waals surface area contributed by atoms with Crippen LogP contribution < -0.4 is 4.90 Å². The highest BCUT2D eigenvalue weighted by atomic mass is 16.6. The van der Waals surface area contributed by atoms with E-state index in [1.807, 2.05) is 0 Å². The molecule has 0 N–H and O–H groups in total. The van der Waals surface area contributed by atoms with Crippen LogP contribution in [0.4, 0.5) is 11.4 Å². The fraction of sp³-hybridized carbons (Fsp3) is 0.167. The van der Waals surface area contributed by atoms with Crippen molar-refractivity contribution >= 4 is 34.8 Å². The predicted molar refractivity (Wildman–Crippen MR) is 64.8 cm³/mol. The minimum absolute atomic E-state index is 0.315. The molecule has 1 heterocycles. The number of nitrogens with zero attached hydrogens (tertiary/aromatic N) is 2. The van der Waals surface area contributed by atoms with Crippen LogP contribution in [0.15, 0.2) is 24.3 Å². The van der Waals surface area contributed by atoms with Crippen molar-refractivity contribution in [3.63, 3.8) is 0 Å². The number of hydrogen-bond donors (Lipinski definition) is 0. The minimum Gasteiger partial charge on any atom is -0.299 e. The summed E-state index contributed by atoms with van der Waals surface area (Å²) in [6, 6.07) is 5.01. The predicted octanol–water partition coefficient (Wildman–Crippen LogP) is 0.242. The molecule has 0 radical (unpaired) electrons. The Kier molecular flexibility index (Phi) is 3.15. The standard InChI is InChI=1S/C12H8N2O6/c1-6(15)9-10(16)12(18)13(11(9)17)7-4-2-3-5-8(7)14(19)20/h2-5,9H,1H3/t9-/m0/s1. The smallest absolute Gasteiger partial charge is 0.299 e. The summed E-state index contributed by atoms with van der Waals surface area (Å²) in [6.07, 6.45) is 0. The van der Waals surface area contributed by atoms with Crippen molar-refractivity contribution in [2.75, 3.05) is 4.90 Å². The first-order valence-electron chi connectivity index (χ1n) is 5.52. The number of carbonyl (C=O) groups excluding carboxylic acids is 4. The molecule has 0 unspecified atom stereocenters. The maximum atomic E-state index is 12.0. The van der Waals surface area contributed by atoms with Gasteiger partial charge in [0.25, 0.3) is 11.6 Å². The van der Waals surface area contributed by atoms with Crippen LogP contribution in [0.5, 0.6) is 0 Å². The summed E-state index contributed by atoms with van der Waals surface area (Å²) in [5, 5.41) is 10.9. The monoisotopic (exact) mass is 276 g/mol. The van der Waals surface area contributed by atoms with Gasteiger partial charge < -0.3 is 0 Å². The van der Waals surface area contributed by atoms with E-state index in [1.54, 1.807) is 0 Å². The summed E-state index contributed by atoms with van der Waals surface area (Å²) in [5.41, 5.74) is -0.809. The molecule has 1 aromatic rings. The Bertz CT molecular complexity index is 666. The van der Waals surface area contributed by atoms with Crippen molar-refractivity contribution in [1.29, 1.82) is 0 Å². The largest absolute Gasteiger partial charge is 0.302 e. The van der Waals surface area contributed by atoms with Crippen LogP contribution in [0, 0.1) is 16.0 Å². The lowest BCUT2D eigenvalue weighted by Gasteiger charge is -2.13. The van der Waals surface area contributed by atoms with Crippen molar-refractivity contribution in [3.05, 3.63) is 34.4 Å². The summed E-state index contributed by atoms with van der Waals surface area (Å²) in [6.45, 7) is 1.01. The third-order valence-electron chi connectivity index (χ3n) is 2.87.